The van der Waals surface area contributed by atoms with Crippen molar-refractivity contribution >= 4 is 17.5 Å². The zero-order valence-electron chi connectivity index (χ0n) is 14.3. The molecule has 26 heavy (non-hydrogen) atoms. The first-order valence-electron chi connectivity index (χ1n) is 8.69. The van der Waals surface area contributed by atoms with E-state index in [0.717, 1.165) is 23.1 Å². The topological polar surface area (TPSA) is 88.1 Å². The molecule has 2 aliphatic rings. The van der Waals surface area contributed by atoms with E-state index in [1.807, 2.05) is 7.05 Å². The molecule has 2 saturated carbocycles. The van der Waals surface area contributed by atoms with Crippen molar-refractivity contribution < 1.29 is 4.79 Å². The summed E-state index contributed by atoms with van der Waals surface area (Å²) in [5.41, 5.74) is -0.666. The highest BCUT2D eigenvalue weighted by Crippen LogP contribution is 2.46. The normalized spacial score (nSPS) is 24.0. The van der Waals surface area contributed by atoms with Crippen LogP contribution in [0.25, 0.3) is 5.69 Å². The number of aromatic nitrogens is 3. The average Bonchev–Trinajstić information content (AvgIpc) is 3.25. The van der Waals surface area contributed by atoms with E-state index in [9.17, 15) is 14.4 Å². The van der Waals surface area contributed by atoms with Gasteiger partial charge in [-0.2, -0.15) is 5.10 Å². The quantitative estimate of drug-likeness (QED) is 0.887. The van der Waals surface area contributed by atoms with E-state index in [2.05, 4.69) is 10.2 Å². The number of hydrogen-bond donors (Lipinski definition) is 1. The van der Waals surface area contributed by atoms with E-state index < -0.39 is 11.2 Å². The number of aromatic amines is 1. The van der Waals surface area contributed by atoms with Gasteiger partial charge in [0.2, 0.25) is 0 Å². The molecule has 136 valence electrons. The molecular formula is C18H19ClN4O3. The van der Waals surface area contributed by atoms with Crippen molar-refractivity contribution in [2.45, 2.75) is 31.7 Å². The Kier molecular flexibility index (Phi) is 4.19. The van der Waals surface area contributed by atoms with Crippen molar-refractivity contribution in [2.75, 3.05) is 7.05 Å². The molecule has 0 aliphatic heterocycles. The fourth-order valence-corrected chi connectivity index (χ4v) is 4.64. The van der Waals surface area contributed by atoms with Crippen LogP contribution < -0.4 is 11.2 Å². The zero-order chi connectivity index (χ0) is 18.4. The smallest absolute Gasteiger partial charge is 0.338 e. The molecule has 2 bridgehead atoms. The molecule has 3 atom stereocenters. The summed E-state index contributed by atoms with van der Waals surface area (Å²) in [6, 6.07) is 4.79. The number of carbonyl (C=O) groups is 1. The lowest BCUT2D eigenvalue weighted by Crippen LogP contribution is -2.40. The molecule has 1 aromatic carbocycles. The van der Waals surface area contributed by atoms with Crippen LogP contribution in [0.4, 0.5) is 0 Å². The maximum atomic E-state index is 13.0. The van der Waals surface area contributed by atoms with Gasteiger partial charge in [-0.05, 0) is 49.3 Å². The fraction of sp³-hybridized carbons (Fsp3) is 0.444. The fourth-order valence-electron chi connectivity index (χ4n) is 4.44. The summed E-state index contributed by atoms with van der Waals surface area (Å²) in [6.45, 7) is 0. The number of rotatable bonds is 3. The van der Waals surface area contributed by atoms with Gasteiger partial charge in [0.15, 0.2) is 0 Å². The molecule has 3 unspecified atom stereocenters. The molecule has 1 N–H and O–H groups in total. The monoisotopic (exact) mass is 374 g/mol. The Morgan fingerprint density at radius 3 is 2.77 bits per heavy atom. The number of halogens is 1. The molecule has 2 aliphatic carbocycles. The van der Waals surface area contributed by atoms with Crippen LogP contribution in [0.2, 0.25) is 5.02 Å². The molecule has 1 aromatic heterocycles. The van der Waals surface area contributed by atoms with E-state index in [0.29, 0.717) is 10.9 Å². The largest absolute Gasteiger partial charge is 0.349 e. The van der Waals surface area contributed by atoms with Gasteiger partial charge in [-0.15, -0.1) is 0 Å². The summed E-state index contributed by atoms with van der Waals surface area (Å²) >= 11 is 6.25. The van der Waals surface area contributed by atoms with Crippen LogP contribution in [0.1, 0.15) is 36.0 Å². The minimum absolute atomic E-state index is 0.187. The number of carbonyl (C=O) groups excluding carboxylic acids is 1. The summed E-state index contributed by atoms with van der Waals surface area (Å²) < 4.78 is 0.928. The third-order valence-corrected chi connectivity index (χ3v) is 6.05. The van der Waals surface area contributed by atoms with Gasteiger partial charge in [0.1, 0.15) is 6.20 Å². The summed E-state index contributed by atoms with van der Waals surface area (Å²) in [4.78, 5) is 38.8. The predicted molar refractivity (Wildman–Crippen MR) is 96.8 cm³/mol. The highest BCUT2D eigenvalue weighted by molar-refractivity contribution is 6.33. The third kappa shape index (κ3) is 2.76. The zero-order valence-corrected chi connectivity index (χ0v) is 15.1. The molecule has 0 radical (unpaired) electrons. The molecule has 8 heteroatoms. The second-order valence-corrected chi connectivity index (χ2v) is 7.58. The molecule has 1 heterocycles. The Bertz CT molecular complexity index is 955. The number of H-pyrrole nitrogens is 1. The molecule has 1 amide bonds. The first-order chi connectivity index (χ1) is 12.5. The van der Waals surface area contributed by atoms with Crippen LogP contribution in [0.5, 0.6) is 0 Å². The predicted octanol–water partition coefficient (Wildman–Crippen LogP) is 1.83. The Morgan fingerprint density at radius 2 is 2.12 bits per heavy atom. The summed E-state index contributed by atoms with van der Waals surface area (Å²) in [6.07, 6.45) is 5.67. The molecule has 0 spiro atoms. The number of amides is 1. The maximum Gasteiger partial charge on any atom is 0.349 e. The number of benzene rings is 1. The number of fused-ring (bicyclic) bond motifs is 2. The molecule has 2 fully saturated rings. The van der Waals surface area contributed by atoms with Gasteiger partial charge in [-0.1, -0.05) is 18.0 Å². The number of nitrogens with one attached hydrogen (secondary N) is 1. The van der Waals surface area contributed by atoms with Gasteiger partial charge in [-0.25, -0.2) is 14.5 Å². The highest BCUT2D eigenvalue weighted by atomic mass is 35.5. The Hall–Kier alpha value is -2.41. The van der Waals surface area contributed by atoms with Crippen LogP contribution in [0, 0.1) is 11.8 Å². The lowest BCUT2D eigenvalue weighted by atomic mass is 9.94. The van der Waals surface area contributed by atoms with Crippen molar-refractivity contribution in [3.8, 4) is 5.69 Å². The van der Waals surface area contributed by atoms with E-state index in [1.165, 1.54) is 37.5 Å². The molecule has 4 rings (SSSR count). The summed E-state index contributed by atoms with van der Waals surface area (Å²) in [5.74, 6) is 1.09. The lowest BCUT2D eigenvalue weighted by Gasteiger charge is -2.31. The van der Waals surface area contributed by atoms with Gasteiger partial charge in [0, 0.05) is 13.1 Å². The first-order valence-corrected chi connectivity index (χ1v) is 9.07. The van der Waals surface area contributed by atoms with Gasteiger partial charge < -0.3 is 4.90 Å². The van der Waals surface area contributed by atoms with E-state index >= 15 is 0 Å². The van der Waals surface area contributed by atoms with Gasteiger partial charge in [-0.3, -0.25) is 9.59 Å². The van der Waals surface area contributed by atoms with Gasteiger partial charge in [0.25, 0.3) is 11.5 Å². The summed E-state index contributed by atoms with van der Waals surface area (Å²) in [5, 5.41) is 5.99. The molecule has 0 saturated heterocycles. The van der Waals surface area contributed by atoms with Crippen molar-refractivity contribution in [1.82, 2.24) is 19.7 Å². The minimum Gasteiger partial charge on any atom is -0.338 e. The molecule has 2 aromatic rings. The summed E-state index contributed by atoms with van der Waals surface area (Å²) in [7, 11) is 1.81. The van der Waals surface area contributed by atoms with Crippen molar-refractivity contribution in [2.24, 2.45) is 11.8 Å². The SMILES string of the molecule is CN(C(=O)c1cc(-n2c(=O)cn[nH]c2=O)ccc1Cl)C1CC2CCC1C2. The Labute approximate surface area is 154 Å². The van der Waals surface area contributed by atoms with E-state index in [-0.39, 0.29) is 23.2 Å². The van der Waals surface area contributed by atoms with E-state index in [1.54, 1.807) is 4.90 Å². The van der Waals surface area contributed by atoms with Crippen LogP contribution in [0.15, 0.2) is 34.0 Å². The maximum absolute atomic E-state index is 13.0. The van der Waals surface area contributed by atoms with Crippen molar-refractivity contribution in [1.29, 1.82) is 0 Å². The van der Waals surface area contributed by atoms with Crippen molar-refractivity contribution in [3.05, 3.63) is 55.8 Å². The van der Waals surface area contributed by atoms with E-state index in [4.69, 9.17) is 11.6 Å². The first kappa shape index (κ1) is 17.0. The number of hydrogen-bond acceptors (Lipinski definition) is 4. The standard InChI is InChI=1S/C18H19ClN4O3/c1-22(15-7-10-2-3-11(15)6-10)17(25)13-8-12(4-5-14(13)19)23-16(24)9-20-21-18(23)26/h4-5,8-11,15H,2-3,6-7H2,1H3,(H,21,26). The second-order valence-electron chi connectivity index (χ2n) is 7.17. The molecular weight excluding hydrogens is 356 g/mol. The Morgan fingerprint density at radius 1 is 1.31 bits per heavy atom. The molecule has 7 nitrogen and oxygen atoms in total. The van der Waals surface area contributed by atoms with Crippen LogP contribution in [0.3, 0.4) is 0 Å². The Balaban J connectivity index is 1.69. The van der Waals surface area contributed by atoms with Crippen LogP contribution in [-0.4, -0.2) is 38.7 Å². The third-order valence-electron chi connectivity index (χ3n) is 5.72. The van der Waals surface area contributed by atoms with Gasteiger partial charge in [0.05, 0.1) is 16.3 Å². The van der Waals surface area contributed by atoms with Crippen LogP contribution >= 0.6 is 11.6 Å². The average molecular weight is 375 g/mol. The minimum atomic E-state index is -0.667. The highest BCUT2D eigenvalue weighted by Gasteiger charge is 2.42. The van der Waals surface area contributed by atoms with Gasteiger partial charge >= 0.3 is 5.69 Å². The van der Waals surface area contributed by atoms with Crippen molar-refractivity contribution in [3.63, 3.8) is 0 Å². The second kappa shape index (κ2) is 6.39. The lowest BCUT2D eigenvalue weighted by molar-refractivity contribution is 0.0677. The number of nitrogens with zero attached hydrogens (tertiary/aromatic N) is 3. The van der Waals surface area contributed by atoms with Crippen LogP contribution in [-0.2, 0) is 0 Å².